The number of carbonyl (C=O) groups excluding carboxylic acids is 1. The first-order valence-corrected chi connectivity index (χ1v) is 9.73. The minimum absolute atomic E-state index is 0.204. The number of pyridine rings is 1. The normalized spacial score (nSPS) is 17.8. The van der Waals surface area contributed by atoms with Crippen molar-refractivity contribution in [3.8, 4) is 11.8 Å². The average molecular weight is 418 g/mol. The zero-order chi connectivity index (χ0) is 21.1. The fourth-order valence-corrected chi connectivity index (χ4v) is 3.49. The van der Waals surface area contributed by atoms with Crippen molar-refractivity contribution in [1.29, 1.82) is 5.26 Å². The van der Waals surface area contributed by atoms with Gasteiger partial charge in [-0.25, -0.2) is 4.98 Å². The highest BCUT2D eigenvalue weighted by Gasteiger charge is 2.30. The number of fused-ring (bicyclic) bond motifs is 1. The van der Waals surface area contributed by atoms with Crippen LogP contribution in [0.1, 0.15) is 17.5 Å². The number of hydrogen-bond acceptors (Lipinski definition) is 7. The molecule has 2 aliphatic rings. The summed E-state index contributed by atoms with van der Waals surface area (Å²) in [6, 6.07) is 12.5. The van der Waals surface area contributed by atoms with Crippen LogP contribution in [0.15, 0.2) is 52.8 Å². The Balaban J connectivity index is 1.37. The molecule has 8 nitrogen and oxygen atoms in total. The number of likely N-dealkylation sites (N-methyl/N-ethyl adjacent to an activating group) is 1. The Bertz CT molecular complexity index is 1120. The van der Waals surface area contributed by atoms with Crippen LogP contribution in [0.5, 0.6) is 5.75 Å². The van der Waals surface area contributed by atoms with Crippen molar-refractivity contribution in [2.45, 2.75) is 18.9 Å². The molecule has 1 N–H and O–H groups in total. The van der Waals surface area contributed by atoms with Gasteiger partial charge in [0.15, 0.2) is 11.6 Å². The maximum atomic E-state index is 12.7. The summed E-state index contributed by atoms with van der Waals surface area (Å²) < 4.78 is 5.79. The second-order valence-corrected chi connectivity index (χ2v) is 7.36. The summed E-state index contributed by atoms with van der Waals surface area (Å²) in [5.74, 6) is 0.896. The minimum atomic E-state index is -0.495. The van der Waals surface area contributed by atoms with Gasteiger partial charge in [0, 0.05) is 26.1 Å². The molecule has 1 aromatic carbocycles. The van der Waals surface area contributed by atoms with Crippen molar-refractivity contribution in [3.05, 3.63) is 53.7 Å². The number of amides is 1. The largest absolute Gasteiger partial charge is 0.487 e. The summed E-state index contributed by atoms with van der Waals surface area (Å²) in [4.78, 5) is 19.3. The Hall–Kier alpha value is -3.64. The predicted molar refractivity (Wildman–Crippen MR) is 117 cm³/mol. The Kier molecular flexibility index (Phi) is 5.50. The van der Waals surface area contributed by atoms with Gasteiger partial charge in [-0.05, 0) is 29.8 Å². The van der Waals surface area contributed by atoms with E-state index in [-0.39, 0.29) is 12.5 Å². The Morgan fingerprint density at radius 3 is 3.07 bits per heavy atom. The van der Waals surface area contributed by atoms with Gasteiger partial charge in [0.05, 0.1) is 17.3 Å². The third kappa shape index (κ3) is 4.04. The highest BCUT2D eigenvalue weighted by molar-refractivity contribution is 7.80. The summed E-state index contributed by atoms with van der Waals surface area (Å²) in [5.41, 5.74) is 2.64. The van der Waals surface area contributed by atoms with E-state index in [1.807, 2.05) is 24.3 Å². The molecule has 2 aromatic rings. The van der Waals surface area contributed by atoms with Crippen LogP contribution in [0, 0.1) is 11.3 Å². The lowest BCUT2D eigenvalue weighted by molar-refractivity contribution is -0.115. The van der Waals surface area contributed by atoms with Gasteiger partial charge in [-0.2, -0.15) is 10.4 Å². The molecule has 0 saturated heterocycles. The monoisotopic (exact) mass is 418 g/mol. The average Bonchev–Trinajstić information content (AvgIpc) is 3.20. The molecular weight excluding hydrogens is 400 g/mol. The van der Waals surface area contributed by atoms with Crippen LogP contribution >= 0.6 is 12.2 Å². The molecule has 0 radical (unpaired) electrons. The molecule has 0 fully saturated rings. The van der Waals surface area contributed by atoms with Gasteiger partial charge in [-0.15, -0.1) is 5.10 Å². The smallest absolute Gasteiger partial charge is 0.268 e. The fourth-order valence-electron chi connectivity index (χ4n) is 3.28. The van der Waals surface area contributed by atoms with E-state index in [0.717, 1.165) is 11.3 Å². The minimum Gasteiger partial charge on any atom is -0.487 e. The number of aromatic nitrogens is 1. The fraction of sp³-hybridized carbons (Fsp3) is 0.238. The van der Waals surface area contributed by atoms with Crippen LogP contribution in [-0.2, 0) is 11.2 Å². The molecule has 0 saturated carbocycles. The highest BCUT2D eigenvalue weighted by atomic mass is 32.1. The number of nitriles is 1. The van der Waals surface area contributed by atoms with E-state index in [4.69, 9.17) is 22.2 Å². The van der Waals surface area contributed by atoms with Gasteiger partial charge in [0.1, 0.15) is 23.3 Å². The van der Waals surface area contributed by atoms with E-state index >= 15 is 0 Å². The topological polar surface area (TPSA) is 103 Å². The number of benzene rings is 1. The lowest BCUT2D eigenvalue weighted by Crippen LogP contribution is -2.50. The third-order valence-corrected chi connectivity index (χ3v) is 5.38. The van der Waals surface area contributed by atoms with Gasteiger partial charge >= 0.3 is 0 Å². The molecule has 1 unspecified atom stereocenters. The van der Waals surface area contributed by atoms with E-state index in [9.17, 15) is 4.79 Å². The summed E-state index contributed by atoms with van der Waals surface area (Å²) in [5, 5.41) is 20.1. The Morgan fingerprint density at radius 2 is 2.23 bits per heavy atom. The standard InChI is InChI=1S/C21H18N6O2S/c1-27-19-18(6-3-7-23-19)29-12-17(21(27)30)24-20(28)16-10-15(25-26-16)9-13-4-2-5-14(8-13)11-22/h2-8,17H,9-10,12H2,1H3,(H,24,28). The predicted octanol–water partition coefficient (Wildman–Crippen LogP) is 2.04. The van der Waals surface area contributed by atoms with Crippen molar-refractivity contribution in [2.24, 2.45) is 10.2 Å². The second kappa shape index (κ2) is 8.39. The molecular formula is C21H18N6O2S. The first-order valence-electron chi connectivity index (χ1n) is 9.32. The summed E-state index contributed by atoms with van der Waals surface area (Å²) in [6.07, 6.45) is 2.55. The maximum Gasteiger partial charge on any atom is 0.268 e. The molecule has 1 atom stereocenters. The van der Waals surface area contributed by atoms with Crippen LogP contribution in [0.3, 0.4) is 0 Å². The number of carbonyl (C=O) groups is 1. The SMILES string of the molecule is CN1C(=S)C(NC(=O)C2=NN=C(Cc3cccc(C#N)c3)C2)COc2cccnc21. The Morgan fingerprint density at radius 1 is 1.37 bits per heavy atom. The van der Waals surface area contributed by atoms with Crippen molar-refractivity contribution in [2.75, 3.05) is 18.6 Å². The number of hydrogen-bond donors (Lipinski definition) is 1. The lowest BCUT2D eigenvalue weighted by atomic mass is 10.0. The third-order valence-electron chi connectivity index (χ3n) is 4.82. The van der Waals surface area contributed by atoms with Crippen molar-refractivity contribution >= 4 is 40.4 Å². The van der Waals surface area contributed by atoms with Crippen LogP contribution in [0.25, 0.3) is 0 Å². The molecule has 0 aliphatic carbocycles. The summed E-state index contributed by atoms with van der Waals surface area (Å²) in [6.45, 7) is 0.204. The van der Waals surface area contributed by atoms with Crippen molar-refractivity contribution in [3.63, 3.8) is 0 Å². The Labute approximate surface area is 178 Å². The zero-order valence-electron chi connectivity index (χ0n) is 16.2. The van der Waals surface area contributed by atoms with E-state index < -0.39 is 6.04 Å². The molecule has 1 aromatic heterocycles. The van der Waals surface area contributed by atoms with Gasteiger partial charge in [0.2, 0.25) is 0 Å². The molecule has 3 heterocycles. The van der Waals surface area contributed by atoms with Crippen LogP contribution in [0.2, 0.25) is 0 Å². The molecule has 0 spiro atoms. The van der Waals surface area contributed by atoms with Crippen molar-refractivity contribution in [1.82, 2.24) is 10.3 Å². The number of thiocarbonyl (C=S) groups is 1. The van der Waals surface area contributed by atoms with E-state index in [1.165, 1.54) is 0 Å². The number of nitrogens with zero attached hydrogens (tertiary/aromatic N) is 5. The first-order chi connectivity index (χ1) is 14.5. The molecule has 4 rings (SSSR count). The summed E-state index contributed by atoms with van der Waals surface area (Å²) in [7, 11) is 1.80. The first kappa shape index (κ1) is 19.7. The molecule has 9 heteroatoms. The number of ether oxygens (including phenoxy) is 1. The van der Waals surface area contributed by atoms with Gasteiger partial charge < -0.3 is 15.0 Å². The highest BCUT2D eigenvalue weighted by Crippen LogP contribution is 2.27. The zero-order valence-corrected chi connectivity index (χ0v) is 17.0. The number of nitrogens with one attached hydrogen (secondary N) is 1. The van der Waals surface area contributed by atoms with Crippen LogP contribution in [0.4, 0.5) is 5.82 Å². The van der Waals surface area contributed by atoms with Gasteiger partial charge in [-0.1, -0.05) is 24.4 Å². The van der Waals surface area contributed by atoms with Gasteiger partial charge in [0.25, 0.3) is 5.91 Å². The maximum absolute atomic E-state index is 12.7. The number of anilines is 1. The van der Waals surface area contributed by atoms with Crippen LogP contribution in [-0.4, -0.2) is 47.0 Å². The van der Waals surface area contributed by atoms with E-state index in [0.29, 0.717) is 40.7 Å². The van der Waals surface area contributed by atoms with E-state index in [2.05, 4.69) is 26.6 Å². The number of rotatable bonds is 4. The lowest BCUT2D eigenvalue weighted by Gasteiger charge is -2.22. The summed E-state index contributed by atoms with van der Waals surface area (Å²) >= 11 is 5.54. The van der Waals surface area contributed by atoms with E-state index in [1.54, 1.807) is 30.3 Å². The van der Waals surface area contributed by atoms with Crippen molar-refractivity contribution < 1.29 is 9.53 Å². The molecule has 2 aliphatic heterocycles. The molecule has 0 bridgehead atoms. The molecule has 1 amide bonds. The molecule has 150 valence electrons. The van der Waals surface area contributed by atoms with Crippen LogP contribution < -0.4 is 15.0 Å². The quantitative estimate of drug-likeness (QED) is 0.762. The second-order valence-electron chi connectivity index (χ2n) is 6.94. The van der Waals surface area contributed by atoms with Gasteiger partial charge in [-0.3, -0.25) is 4.79 Å². The molecule has 30 heavy (non-hydrogen) atoms.